The Labute approximate surface area is 403 Å². The molecule has 2 nitrogen and oxygen atoms in total. The zero-order valence-electron chi connectivity index (χ0n) is 38.6. The molecule has 12 aromatic rings. The van der Waals surface area contributed by atoms with E-state index in [2.05, 4.69) is 278 Å². The minimum atomic E-state index is -0.425. The van der Waals surface area contributed by atoms with Crippen LogP contribution in [0.3, 0.4) is 0 Å². The molecule has 69 heavy (non-hydrogen) atoms. The molecule has 2 heterocycles. The minimum Gasteiger partial charge on any atom is -0.309 e. The maximum absolute atomic E-state index is 2.52. The average molecular weight is 881 g/mol. The van der Waals surface area contributed by atoms with Gasteiger partial charge in [-0.25, -0.2) is 0 Å². The molecule has 1 aliphatic carbocycles. The predicted molar refractivity (Wildman–Crippen MR) is 290 cm³/mol. The third-order valence-corrected chi connectivity index (χ3v) is 14.5. The van der Waals surface area contributed by atoms with E-state index in [0.717, 1.165) is 11.4 Å². The van der Waals surface area contributed by atoms with E-state index >= 15 is 0 Å². The zero-order valence-corrected chi connectivity index (χ0v) is 38.6. The van der Waals surface area contributed by atoms with Gasteiger partial charge in [-0.05, 0) is 103 Å². The van der Waals surface area contributed by atoms with Gasteiger partial charge in [0, 0.05) is 38.7 Å². The van der Waals surface area contributed by atoms with E-state index in [1.165, 1.54) is 111 Å². The van der Waals surface area contributed by atoms with Crippen molar-refractivity contribution in [3.05, 3.63) is 266 Å². The largest absolute Gasteiger partial charge is 0.309 e. The lowest BCUT2D eigenvalue weighted by atomic mass is 9.77. The van der Waals surface area contributed by atoms with Crippen molar-refractivity contribution in [1.29, 1.82) is 0 Å². The maximum atomic E-state index is 2.52. The fourth-order valence-electron chi connectivity index (χ4n) is 11.5. The van der Waals surface area contributed by atoms with Crippen LogP contribution in [0.1, 0.15) is 25.0 Å². The number of hydrogen-bond acceptors (Lipinski definition) is 0. The number of rotatable bonds is 8. The summed E-state index contributed by atoms with van der Waals surface area (Å²) in [7, 11) is 0. The average Bonchev–Trinajstić information content (AvgIpc) is 4.03. The van der Waals surface area contributed by atoms with Gasteiger partial charge >= 0.3 is 0 Å². The van der Waals surface area contributed by atoms with Gasteiger partial charge in [-0.1, -0.05) is 232 Å². The summed E-state index contributed by atoms with van der Waals surface area (Å²) in [5.41, 5.74) is 24.0. The highest BCUT2D eigenvalue weighted by molar-refractivity contribution is 6.16. The fourth-order valence-corrected chi connectivity index (χ4v) is 11.5. The van der Waals surface area contributed by atoms with Gasteiger partial charge in [0.1, 0.15) is 0 Å². The smallest absolute Gasteiger partial charge is 0.0619 e. The van der Waals surface area contributed by atoms with Crippen molar-refractivity contribution in [2.45, 2.75) is 19.3 Å². The van der Waals surface area contributed by atoms with Crippen molar-refractivity contribution < 1.29 is 0 Å². The second-order valence-corrected chi connectivity index (χ2v) is 18.8. The number of benzene rings is 10. The van der Waals surface area contributed by atoms with Crippen molar-refractivity contribution in [3.63, 3.8) is 0 Å². The van der Waals surface area contributed by atoms with E-state index in [-0.39, 0.29) is 0 Å². The van der Waals surface area contributed by atoms with Crippen molar-refractivity contribution in [2.75, 3.05) is 0 Å². The Morgan fingerprint density at radius 2 is 0.536 bits per heavy atom. The number of hydrogen-bond donors (Lipinski definition) is 0. The van der Waals surface area contributed by atoms with E-state index in [1.807, 2.05) is 0 Å². The molecule has 0 spiro atoms. The lowest BCUT2D eigenvalue weighted by Gasteiger charge is -2.25. The van der Waals surface area contributed by atoms with Gasteiger partial charge in [0.25, 0.3) is 0 Å². The van der Waals surface area contributed by atoms with Crippen LogP contribution in [0.4, 0.5) is 0 Å². The lowest BCUT2D eigenvalue weighted by Crippen LogP contribution is -2.16. The Bertz CT molecular complexity index is 3570. The molecular formula is C67H48N2. The molecule has 2 heteroatoms. The van der Waals surface area contributed by atoms with Crippen molar-refractivity contribution in [2.24, 2.45) is 0 Å². The van der Waals surface area contributed by atoms with E-state index in [4.69, 9.17) is 0 Å². The maximum Gasteiger partial charge on any atom is 0.0619 e. The molecule has 1 aliphatic rings. The van der Waals surface area contributed by atoms with Crippen molar-refractivity contribution in [3.8, 4) is 89.5 Å². The molecule has 326 valence electrons. The molecule has 0 radical (unpaired) electrons. The van der Waals surface area contributed by atoms with Crippen LogP contribution in [0.25, 0.3) is 111 Å². The molecule has 0 N–H and O–H groups in total. The van der Waals surface area contributed by atoms with Crippen LogP contribution in [0.5, 0.6) is 0 Å². The van der Waals surface area contributed by atoms with Crippen LogP contribution in [-0.2, 0) is 5.41 Å². The monoisotopic (exact) mass is 880 g/mol. The fraction of sp³-hybridized carbons (Fsp3) is 0.0448. The molecule has 0 fully saturated rings. The molecule has 0 unspecified atom stereocenters. The number of fused-ring (bicyclic) bond motifs is 7. The van der Waals surface area contributed by atoms with Crippen LogP contribution in [0, 0.1) is 0 Å². The molecule has 0 saturated heterocycles. The Morgan fingerprint density at radius 3 is 0.855 bits per heavy atom. The Hall–Kier alpha value is -8.72. The normalized spacial score (nSPS) is 12.6. The van der Waals surface area contributed by atoms with Crippen LogP contribution in [0.15, 0.2) is 255 Å². The van der Waals surface area contributed by atoms with E-state index in [9.17, 15) is 0 Å². The first-order valence-electron chi connectivity index (χ1n) is 24.0. The summed E-state index contributed by atoms with van der Waals surface area (Å²) < 4.78 is 5.05. The molecule has 10 aromatic carbocycles. The van der Waals surface area contributed by atoms with Gasteiger partial charge in [-0.3, -0.25) is 0 Å². The molecule has 0 saturated carbocycles. The predicted octanol–water partition coefficient (Wildman–Crippen LogP) is 17.9. The van der Waals surface area contributed by atoms with Gasteiger partial charge in [-0.2, -0.15) is 0 Å². The van der Waals surface area contributed by atoms with Gasteiger partial charge in [-0.15, -0.1) is 0 Å². The van der Waals surface area contributed by atoms with Gasteiger partial charge in [0.05, 0.1) is 22.4 Å². The first-order chi connectivity index (χ1) is 34.0. The van der Waals surface area contributed by atoms with Crippen LogP contribution >= 0.6 is 0 Å². The van der Waals surface area contributed by atoms with E-state index in [0.29, 0.717) is 0 Å². The molecule has 0 aliphatic heterocycles. The van der Waals surface area contributed by atoms with Gasteiger partial charge < -0.3 is 9.13 Å². The van der Waals surface area contributed by atoms with Crippen molar-refractivity contribution >= 4 is 21.8 Å². The highest BCUT2D eigenvalue weighted by atomic mass is 15.0. The SMILES string of the molecule is CC1(C)c2c(ccc3c2c(-c2ccccc2)c(-c2ccccc2)n3-c2ccc(-c3ccccc3)cc2)-c2ccc3c(c(-c4ccccc4)c(-c4ccccc4)n3-c3ccc(-c4ccccc4)cc3)c21. The Balaban J connectivity index is 1.12. The van der Waals surface area contributed by atoms with Crippen LogP contribution in [0.2, 0.25) is 0 Å². The summed E-state index contributed by atoms with van der Waals surface area (Å²) in [6.45, 7) is 4.95. The molecule has 13 rings (SSSR count). The molecule has 2 aromatic heterocycles. The quantitative estimate of drug-likeness (QED) is 0.144. The Morgan fingerprint density at radius 1 is 0.261 bits per heavy atom. The highest BCUT2D eigenvalue weighted by Gasteiger charge is 2.42. The third kappa shape index (κ3) is 6.48. The third-order valence-electron chi connectivity index (χ3n) is 14.5. The molecule has 0 amide bonds. The second-order valence-electron chi connectivity index (χ2n) is 18.8. The van der Waals surface area contributed by atoms with Crippen LogP contribution in [-0.4, -0.2) is 9.13 Å². The number of aromatic nitrogens is 2. The zero-order chi connectivity index (χ0) is 46.1. The Kier molecular flexibility index (Phi) is 9.55. The molecule has 0 bridgehead atoms. The first-order valence-corrected chi connectivity index (χ1v) is 24.0. The summed E-state index contributed by atoms with van der Waals surface area (Å²) in [5.74, 6) is 0. The van der Waals surface area contributed by atoms with Crippen molar-refractivity contribution in [1.82, 2.24) is 9.13 Å². The van der Waals surface area contributed by atoms with Gasteiger partial charge in [0.2, 0.25) is 0 Å². The highest BCUT2D eigenvalue weighted by Crippen LogP contribution is 2.59. The van der Waals surface area contributed by atoms with Crippen LogP contribution < -0.4 is 0 Å². The lowest BCUT2D eigenvalue weighted by molar-refractivity contribution is 0.672. The summed E-state index contributed by atoms with van der Waals surface area (Å²) >= 11 is 0. The standard InChI is InChI=1S/C67H48N2/c1-67(2)63-55(41-43-57-61(63)59(49-25-13-5-14-26-49)65(51-29-17-7-18-30-51)68(57)53-37-33-47(34-38-53)45-21-9-3-10-22-45)56-42-44-58-62(64(56)67)60(50-27-15-6-16-28-50)66(52-31-19-8-20-32-52)69(58)54-39-35-48(36-40-54)46-23-11-4-12-24-46/h3-44H,1-2H3. The minimum absolute atomic E-state index is 0.425. The summed E-state index contributed by atoms with van der Waals surface area (Å²) in [6, 6.07) is 93.4. The summed E-state index contributed by atoms with van der Waals surface area (Å²) in [6.07, 6.45) is 0. The molecule has 0 atom stereocenters. The summed E-state index contributed by atoms with van der Waals surface area (Å²) in [4.78, 5) is 0. The van der Waals surface area contributed by atoms with E-state index in [1.54, 1.807) is 0 Å². The summed E-state index contributed by atoms with van der Waals surface area (Å²) in [5, 5.41) is 2.58. The number of nitrogens with zero attached hydrogens (tertiary/aromatic N) is 2. The van der Waals surface area contributed by atoms with Gasteiger partial charge in [0.15, 0.2) is 0 Å². The second kappa shape index (κ2) is 16.3. The van der Waals surface area contributed by atoms with E-state index < -0.39 is 5.41 Å². The molecular weight excluding hydrogens is 833 g/mol. The first kappa shape index (κ1) is 40.5. The topological polar surface area (TPSA) is 9.86 Å².